The molecule has 0 bridgehead atoms. The Morgan fingerprint density at radius 1 is 1.08 bits per heavy atom. The molecule has 1 aromatic carbocycles. The van der Waals surface area contributed by atoms with Gasteiger partial charge >= 0.3 is 0 Å². The third-order valence-electron chi connectivity index (χ3n) is 3.51. The van der Waals surface area contributed by atoms with E-state index in [4.69, 9.17) is 0 Å². The lowest BCUT2D eigenvalue weighted by atomic mass is 10.1. The molecule has 25 heavy (non-hydrogen) atoms. The van der Waals surface area contributed by atoms with E-state index >= 15 is 0 Å². The van der Waals surface area contributed by atoms with Gasteiger partial charge in [-0.3, -0.25) is 0 Å². The van der Waals surface area contributed by atoms with Gasteiger partial charge in [0.1, 0.15) is 22.1 Å². The van der Waals surface area contributed by atoms with Crippen molar-refractivity contribution in [3.8, 4) is 12.1 Å². The summed E-state index contributed by atoms with van der Waals surface area (Å²) in [6.45, 7) is 4.33. The van der Waals surface area contributed by atoms with Crippen molar-refractivity contribution in [3.63, 3.8) is 0 Å². The van der Waals surface area contributed by atoms with Crippen molar-refractivity contribution in [1.29, 1.82) is 10.5 Å². The highest BCUT2D eigenvalue weighted by molar-refractivity contribution is 7.99. The molecule has 2 aromatic rings. The summed E-state index contributed by atoms with van der Waals surface area (Å²) in [6, 6.07) is 12.1. The van der Waals surface area contributed by atoms with E-state index in [1.54, 1.807) is 38.1 Å². The van der Waals surface area contributed by atoms with Crippen LogP contribution in [0, 0.1) is 22.7 Å². The first kappa shape index (κ1) is 18.9. The van der Waals surface area contributed by atoms with Gasteiger partial charge in [0, 0.05) is 24.2 Å². The fourth-order valence-corrected chi connectivity index (χ4v) is 4.52. The lowest BCUT2D eigenvalue weighted by molar-refractivity contribution is 0.445. The van der Waals surface area contributed by atoms with Crippen LogP contribution in [0.4, 0.5) is 0 Å². The molecule has 8 heteroatoms. The molecule has 0 aliphatic rings. The van der Waals surface area contributed by atoms with Gasteiger partial charge in [-0.15, -0.1) is 0 Å². The largest absolute Gasteiger partial charge is 0.248 e. The second-order valence-electron chi connectivity index (χ2n) is 4.93. The van der Waals surface area contributed by atoms with Crippen molar-refractivity contribution >= 4 is 21.8 Å². The van der Waals surface area contributed by atoms with Crippen LogP contribution in [-0.4, -0.2) is 30.8 Å². The van der Waals surface area contributed by atoms with Crippen LogP contribution < -0.4 is 0 Å². The summed E-state index contributed by atoms with van der Waals surface area (Å²) in [5, 5.41) is 18.9. The third-order valence-corrected chi connectivity index (χ3v) is 6.64. The fourth-order valence-electron chi connectivity index (χ4n) is 2.22. The Bertz CT molecular complexity index is 906. The Morgan fingerprint density at radius 2 is 1.68 bits per heavy atom. The zero-order valence-corrected chi connectivity index (χ0v) is 15.4. The Labute approximate surface area is 151 Å². The second-order valence-corrected chi connectivity index (χ2v) is 7.90. The van der Waals surface area contributed by atoms with E-state index in [-0.39, 0.29) is 4.90 Å². The molecule has 0 saturated carbocycles. The normalized spacial score (nSPS) is 11.1. The minimum atomic E-state index is -3.56. The monoisotopic (exact) mass is 372 g/mol. The quantitative estimate of drug-likeness (QED) is 0.773. The van der Waals surface area contributed by atoms with Crippen LogP contribution in [-0.2, 0) is 10.0 Å². The molecule has 0 aliphatic carbocycles. The van der Waals surface area contributed by atoms with E-state index in [0.717, 1.165) is 11.8 Å². The van der Waals surface area contributed by atoms with Gasteiger partial charge in [0.15, 0.2) is 0 Å². The maximum atomic E-state index is 12.5. The minimum Gasteiger partial charge on any atom is -0.248 e. The summed E-state index contributed by atoms with van der Waals surface area (Å²) >= 11 is 1.16. The smallest absolute Gasteiger partial charge is 0.244 e. The average molecular weight is 372 g/mol. The van der Waals surface area contributed by atoms with Crippen molar-refractivity contribution in [1.82, 2.24) is 9.29 Å². The van der Waals surface area contributed by atoms with E-state index in [2.05, 4.69) is 17.1 Å². The average Bonchev–Trinajstić information content (AvgIpc) is 2.63. The summed E-state index contributed by atoms with van der Waals surface area (Å²) in [4.78, 5) is 4.81. The summed E-state index contributed by atoms with van der Waals surface area (Å²) in [6.07, 6.45) is 1.30. The molecule has 1 heterocycles. The van der Waals surface area contributed by atoms with Crippen LogP contribution in [0.2, 0.25) is 0 Å². The van der Waals surface area contributed by atoms with Crippen LogP contribution in [0.3, 0.4) is 0 Å². The Hall–Kier alpha value is -2.39. The van der Waals surface area contributed by atoms with Gasteiger partial charge < -0.3 is 0 Å². The predicted octanol–water partition coefficient (Wildman–Crippen LogP) is 3.01. The number of aromatic nitrogens is 1. The predicted molar refractivity (Wildman–Crippen MR) is 94.3 cm³/mol. The molecule has 0 atom stereocenters. The number of hydrogen-bond acceptors (Lipinski definition) is 6. The van der Waals surface area contributed by atoms with E-state index < -0.39 is 10.0 Å². The fraction of sp³-hybridized carbons (Fsp3) is 0.235. The van der Waals surface area contributed by atoms with Crippen LogP contribution in [0.1, 0.15) is 25.0 Å². The first-order valence-corrected chi connectivity index (χ1v) is 9.80. The van der Waals surface area contributed by atoms with Crippen molar-refractivity contribution in [3.05, 3.63) is 47.7 Å². The highest BCUT2D eigenvalue weighted by atomic mass is 32.2. The van der Waals surface area contributed by atoms with Gasteiger partial charge in [-0.1, -0.05) is 31.7 Å². The van der Waals surface area contributed by atoms with Crippen LogP contribution in [0.25, 0.3) is 0 Å². The molecule has 0 unspecified atom stereocenters. The number of nitrogens with zero attached hydrogens (tertiary/aromatic N) is 4. The number of sulfonamides is 1. The SMILES string of the molecule is CCN(CC)S(=O)(=O)c1ccc(Sc2c(C#N)cccc2C#N)nc1. The zero-order valence-electron chi connectivity index (χ0n) is 13.8. The van der Waals surface area contributed by atoms with Gasteiger partial charge in [0.25, 0.3) is 0 Å². The summed E-state index contributed by atoms with van der Waals surface area (Å²) < 4.78 is 26.3. The molecule has 0 amide bonds. The summed E-state index contributed by atoms with van der Waals surface area (Å²) in [5.74, 6) is 0. The summed E-state index contributed by atoms with van der Waals surface area (Å²) in [7, 11) is -3.56. The van der Waals surface area contributed by atoms with Gasteiger partial charge in [0.2, 0.25) is 10.0 Å². The first-order chi connectivity index (χ1) is 12.0. The second kappa shape index (κ2) is 8.13. The molecule has 0 aliphatic heterocycles. The Kier molecular flexibility index (Phi) is 6.16. The molecule has 0 N–H and O–H groups in total. The van der Waals surface area contributed by atoms with E-state index in [0.29, 0.717) is 34.1 Å². The number of pyridine rings is 1. The Morgan fingerprint density at radius 3 is 2.12 bits per heavy atom. The van der Waals surface area contributed by atoms with E-state index in [9.17, 15) is 18.9 Å². The number of benzene rings is 1. The van der Waals surface area contributed by atoms with E-state index in [1.807, 2.05) is 0 Å². The van der Waals surface area contributed by atoms with Crippen molar-refractivity contribution in [2.45, 2.75) is 28.7 Å². The topological polar surface area (TPSA) is 97.9 Å². The highest BCUT2D eigenvalue weighted by Gasteiger charge is 2.22. The number of nitriles is 2. The van der Waals surface area contributed by atoms with Crippen LogP contribution in [0.5, 0.6) is 0 Å². The maximum Gasteiger partial charge on any atom is 0.244 e. The van der Waals surface area contributed by atoms with Crippen molar-refractivity contribution in [2.75, 3.05) is 13.1 Å². The lowest BCUT2D eigenvalue weighted by Gasteiger charge is -2.18. The third kappa shape index (κ3) is 3.99. The first-order valence-electron chi connectivity index (χ1n) is 7.55. The molecule has 0 saturated heterocycles. The van der Waals surface area contributed by atoms with Crippen molar-refractivity contribution < 1.29 is 8.42 Å². The standard InChI is InChI=1S/C17H16N4O2S2/c1-3-21(4-2)25(22,23)15-8-9-16(20-12-15)24-17-13(10-18)6-5-7-14(17)11-19/h5-9,12H,3-4H2,1-2H3. The molecule has 0 spiro atoms. The van der Waals surface area contributed by atoms with Gasteiger partial charge in [-0.2, -0.15) is 14.8 Å². The Balaban J connectivity index is 2.35. The lowest BCUT2D eigenvalue weighted by Crippen LogP contribution is -2.30. The zero-order chi connectivity index (χ0) is 18.4. The molecule has 128 valence electrons. The molecule has 0 fully saturated rings. The molecule has 2 rings (SSSR count). The van der Waals surface area contributed by atoms with Crippen LogP contribution in [0.15, 0.2) is 51.3 Å². The molecule has 6 nitrogen and oxygen atoms in total. The van der Waals surface area contributed by atoms with Crippen molar-refractivity contribution in [2.24, 2.45) is 0 Å². The number of rotatable bonds is 6. The summed E-state index contributed by atoms with van der Waals surface area (Å²) in [5.41, 5.74) is 0.761. The van der Waals surface area contributed by atoms with E-state index in [1.165, 1.54) is 16.6 Å². The number of hydrogen-bond donors (Lipinski definition) is 0. The van der Waals surface area contributed by atoms with Gasteiger partial charge in [-0.05, 0) is 24.3 Å². The molecular weight excluding hydrogens is 356 g/mol. The molecule has 1 aromatic heterocycles. The van der Waals surface area contributed by atoms with Crippen LogP contribution >= 0.6 is 11.8 Å². The highest BCUT2D eigenvalue weighted by Crippen LogP contribution is 2.32. The van der Waals surface area contributed by atoms with Gasteiger partial charge in [0.05, 0.1) is 11.1 Å². The van der Waals surface area contributed by atoms with Gasteiger partial charge in [-0.25, -0.2) is 13.4 Å². The molecule has 0 radical (unpaired) electrons. The minimum absolute atomic E-state index is 0.120. The molecular formula is C17H16N4O2S2. The maximum absolute atomic E-state index is 12.5.